The van der Waals surface area contributed by atoms with E-state index in [1.165, 1.54) is 0 Å². The maximum absolute atomic E-state index is 12.3. The predicted molar refractivity (Wildman–Crippen MR) is 89.0 cm³/mol. The molecular weight excluding hydrogens is 292 g/mol. The fourth-order valence-corrected chi connectivity index (χ4v) is 2.77. The molecule has 0 atom stereocenters. The van der Waals surface area contributed by atoms with E-state index in [1.807, 2.05) is 19.0 Å². The molecule has 0 spiro atoms. The SMILES string of the molecule is CN(C)CCCNC(=O)C1CCN(C(=O)c2cccnc2)CC1. The predicted octanol–water partition coefficient (Wildman–Crippen LogP) is 1.00. The van der Waals surface area contributed by atoms with Crippen molar-refractivity contribution in [3.8, 4) is 0 Å². The van der Waals surface area contributed by atoms with Crippen LogP contribution >= 0.6 is 0 Å². The Labute approximate surface area is 137 Å². The number of carbonyl (C=O) groups is 2. The lowest BCUT2D eigenvalue weighted by atomic mass is 9.95. The molecule has 1 aliphatic heterocycles. The average molecular weight is 318 g/mol. The van der Waals surface area contributed by atoms with E-state index < -0.39 is 0 Å². The number of nitrogens with one attached hydrogen (secondary N) is 1. The van der Waals surface area contributed by atoms with Gasteiger partial charge in [0.1, 0.15) is 0 Å². The lowest BCUT2D eigenvalue weighted by Crippen LogP contribution is -2.43. The van der Waals surface area contributed by atoms with Crippen LogP contribution in [0.2, 0.25) is 0 Å². The van der Waals surface area contributed by atoms with Gasteiger partial charge >= 0.3 is 0 Å². The zero-order valence-electron chi connectivity index (χ0n) is 14.0. The standard InChI is InChI=1S/C17H26N4O2/c1-20(2)10-4-9-19-16(22)14-6-11-21(12-7-14)17(23)15-5-3-8-18-13-15/h3,5,8,13-14H,4,6-7,9-12H2,1-2H3,(H,19,22). The molecule has 0 bridgehead atoms. The second-order valence-corrected chi connectivity index (χ2v) is 6.26. The van der Waals surface area contributed by atoms with E-state index in [9.17, 15) is 9.59 Å². The molecule has 2 heterocycles. The Kier molecular flexibility index (Phi) is 6.52. The molecule has 126 valence electrons. The van der Waals surface area contributed by atoms with Crippen LogP contribution < -0.4 is 5.32 Å². The van der Waals surface area contributed by atoms with Gasteiger partial charge in [-0.1, -0.05) is 0 Å². The van der Waals surface area contributed by atoms with Crippen LogP contribution in [-0.2, 0) is 4.79 Å². The number of nitrogens with zero attached hydrogens (tertiary/aromatic N) is 3. The highest BCUT2D eigenvalue weighted by atomic mass is 16.2. The maximum atomic E-state index is 12.3. The van der Waals surface area contributed by atoms with Gasteiger partial charge in [-0.2, -0.15) is 0 Å². The van der Waals surface area contributed by atoms with Crippen LogP contribution in [0.15, 0.2) is 24.5 Å². The number of hydrogen-bond donors (Lipinski definition) is 1. The van der Waals surface area contributed by atoms with Gasteiger partial charge in [-0.3, -0.25) is 14.6 Å². The van der Waals surface area contributed by atoms with Crippen LogP contribution in [0.1, 0.15) is 29.6 Å². The third-order valence-electron chi connectivity index (χ3n) is 4.14. The second-order valence-electron chi connectivity index (χ2n) is 6.26. The van der Waals surface area contributed by atoms with Gasteiger partial charge in [0.15, 0.2) is 0 Å². The number of likely N-dealkylation sites (tertiary alicyclic amines) is 1. The smallest absolute Gasteiger partial charge is 0.255 e. The van der Waals surface area contributed by atoms with Crippen molar-refractivity contribution in [3.05, 3.63) is 30.1 Å². The van der Waals surface area contributed by atoms with Crippen LogP contribution in [-0.4, -0.2) is 66.9 Å². The van der Waals surface area contributed by atoms with Gasteiger partial charge in [-0.15, -0.1) is 0 Å². The van der Waals surface area contributed by atoms with E-state index in [0.717, 1.165) is 25.8 Å². The van der Waals surface area contributed by atoms with E-state index >= 15 is 0 Å². The van der Waals surface area contributed by atoms with Crippen molar-refractivity contribution >= 4 is 11.8 Å². The second kappa shape index (κ2) is 8.62. The van der Waals surface area contributed by atoms with Crippen LogP contribution in [0.5, 0.6) is 0 Å². The quantitative estimate of drug-likeness (QED) is 0.795. The highest BCUT2D eigenvalue weighted by Crippen LogP contribution is 2.19. The molecular formula is C17H26N4O2. The summed E-state index contributed by atoms with van der Waals surface area (Å²) in [5.74, 6) is 0.146. The van der Waals surface area contributed by atoms with Gasteiger partial charge in [-0.05, 0) is 52.0 Å². The summed E-state index contributed by atoms with van der Waals surface area (Å²) in [6, 6.07) is 3.54. The fraction of sp³-hybridized carbons (Fsp3) is 0.588. The van der Waals surface area contributed by atoms with E-state index in [4.69, 9.17) is 0 Å². The molecule has 0 saturated carbocycles. The minimum atomic E-state index is 0.00272. The Balaban J connectivity index is 1.73. The van der Waals surface area contributed by atoms with E-state index in [2.05, 4.69) is 15.2 Å². The minimum absolute atomic E-state index is 0.00272. The van der Waals surface area contributed by atoms with Crippen LogP contribution in [0.3, 0.4) is 0 Å². The molecule has 2 rings (SSSR count). The lowest BCUT2D eigenvalue weighted by molar-refractivity contribution is -0.126. The van der Waals surface area contributed by atoms with Gasteiger partial charge in [0.25, 0.3) is 5.91 Å². The summed E-state index contributed by atoms with van der Waals surface area (Å²) in [7, 11) is 4.05. The molecule has 1 N–H and O–H groups in total. The third-order valence-corrected chi connectivity index (χ3v) is 4.14. The highest BCUT2D eigenvalue weighted by molar-refractivity contribution is 5.94. The molecule has 6 heteroatoms. The summed E-state index contributed by atoms with van der Waals surface area (Å²) in [6.07, 6.45) is 5.66. The topological polar surface area (TPSA) is 65.5 Å². The number of pyridine rings is 1. The molecule has 0 aromatic carbocycles. The van der Waals surface area contributed by atoms with Gasteiger partial charge in [0.2, 0.25) is 5.91 Å². The zero-order valence-corrected chi connectivity index (χ0v) is 14.0. The number of hydrogen-bond acceptors (Lipinski definition) is 4. The van der Waals surface area contributed by atoms with E-state index in [1.54, 1.807) is 24.5 Å². The number of piperidine rings is 1. The van der Waals surface area contributed by atoms with Crippen molar-refractivity contribution in [1.82, 2.24) is 20.1 Å². The molecule has 0 aliphatic carbocycles. The summed E-state index contributed by atoms with van der Waals surface area (Å²) in [4.78, 5) is 32.4. The number of amides is 2. The van der Waals surface area contributed by atoms with Gasteiger partial charge < -0.3 is 15.1 Å². The van der Waals surface area contributed by atoms with Crippen molar-refractivity contribution < 1.29 is 9.59 Å². The monoisotopic (exact) mass is 318 g/mol. The Morgan fingerprint density at radius 3 is 2.70 bits per heavy atom. The van der Waals surface area contributed by atoms with E-state index in [0.29, 0.717) is 25.2 Å². The van der Waals surface area contributed by atoms with Crippen molar-refractivity contribution in [2.24, 2.45) is 5.92 Å². The van der Waals surface area contributed by atoms with Crippen LogP contribution in [0.25, 0.3) is 0 Å². The van der Waals surface area contributed by atoms with Gasteiger partial charge in [0.05, 0.1) is 5.56 Å². The normalized spacial score (nSPS) is 15.7. The van der Waals surface area contributed by atoms with Crippen molar-refractivity contribution in [1.29, 1.82) is 0 Å². The summed E-state index contributed by atoms with van der Waals surface area (Å²) < 4.78 is 0. The van der Waals surface area contributed by atoms with E-state index in [-0.39, 0.29) is 17.7 Å². The molecule has 2 amide bonds. The maximum Gasteiger partial charge on any atom is 0.255 e. The first-order valence-corrected chi connectivity index (χ1v) is 8.19. The largest absolute Gasteiger partial charge is 0.356 e. The Bertz CT molecular complexity index is 511. The number of aromatic nitrogens is 1. The zero-order chi connectivity index (χ0) is 16.7. The number of rotatable bonds is 6. The molecule has 1 saturated heterocycles. The summed E-state index contributed by atoms with van der Waals surface area (Å²) in [6.45, 7) is 2.94. The summed E-state index contributed by atoms with van der Waals surface area (Å²) >= 11 is 0. The first kappa shape index (κ1) is 17.4. The molecule has 6 nitrogen and oxygen atoms in total. The third kappa shape index (κ3) is 5.32. The molecule has 0 radical (unpaired) electrons. The highest BCUT2D eigenvalue weighted by Gasteiger charge is 2.27. The minimum Gasteiger partial charge on any atom is -0.356 e. The Morgan fingerprint density at radius 1 is 1.35 bits per heavy atom. The Morgan fingerprint density at radius 2 is 2.09 bits per heavy atom. The van der Waals surface area contributed by atoms with Crippen LogP contribution in [0, 0.1) is 5.92 Å². The molecule has 23 heavy (non-hydrogen) atoms. The lowest BCUT2D eigenvalue weighted by Gasteiger charge is -2.31. The molecule has 1 aromatic heterocycles. The molecule has 1 aliphatic rings. The van der Waals surface area contributed by atoms with Crippen LogP contribution in [0.4, 0.5) is 0 Å². The molecule has 0 unspecified atom stereocenters. The first-order chi connectivity index (χ1) is 11.1. The number of carbonyl (C=O) groups excluding carboxylic acids is 2. The Hall–Kier alpha value is -1.95. The van der Waals surface area contributed by atoms with Crippen molar-refractivity contribution in [2.45, 2.75) is 19.3 Å². The van der Waals surface area contributed by atoms with Gasteiger partial charge in [0, 0.05) is 37.9 Å². The first-order valence-electron chi connectivity index (χ1n) is 8.19. The van der Waals surface area contributed by atoms with Crippen molar-refractivity contribution in [3.63, 3.8) is 0 Å². The summed E-state index contributed by atoms with van der Waals surface area (Å²) in [5, 5.41) is 3.00. The van der Waals surface area contributed by atoms with Crippen molar-refractivity contribution in [2.75, 3.05) is 40.3 Å². The average Bonchev–Trinajstić information content (AvgIpc) is 2.58. The summed E-state index contributed by atoms with van der Waals surface area (Å²) in [5.41, 5.74) is 0.610. The fourth-order valence-electron chi connectivity index (χ4n) is 2.77. The molecule has 1 fully saturated rings. The molecule has 1 aromatic rings. The van der Waals surface area contributed by atoms with Gasteiger partial charge in [-0.25, -0.2) is 0 Å².